The molecule has 1 aliphatic carbocycles. The number of benzene rings is 1. The first-order chi connectivity index (χ1) is 19.7. The lowest BCUT2D eigenvalue weighted by Crippen LogP contribution is -2.50. The topological polar surface area (TPSA) is 135 Å². The zero-order chi connectivity index (χ0) is 28.6. The molecule has 11 heteroatoms. The van der Waals surface area contributed by atoms with Gasteiger partial charge in [-0.05, 0) is 68.3 Å². The molecule has 4 N–H and O–H groups in total. The number of aliphatic hydroxyl groups is 1. The number of esters is 1. The van der Waals surface area contributed by atoms with Crippen LogP contribution >= 0.6 is 0 Å². The fourth-order valence-corrected chi connectivity index (χ4v) is 7.06. The number of fused-ring (bicyclic) bond motifs is 5. The van der Waals surface area contributed by atoms with E-state index >= 15 is 4.39 Å². The maximum absolute atomic E-state index is 15.1. The van der Waals surface area contributed by atoms with Gasteiger partial charge in [0.05, 0.1) is 35.1 Å². The minimum Gasteiger partial charge on any atom is -0.458 e. The third kappa shape index (κ3) is 3.82. The number of urea groups is 1. The van der Waals surface area contributed by atoms with Gasteiger partial charge in [0.2, 0.25) is 0 Å². The molecule has 1 aromatic carbocycles. The Morgan fingerprint density at radius 2 is 2.07 bits per heavy atom. The van der Waals surface area contributed by atoms with Crippen LogP contribution in [0.3, 0.4) is 0 Å². The summed E-state index contributed by atoms with van der Waals surface area (Å²) in [5.74, 6) is -1.15. The predicted molar refractivity (Wildman–Crippen MR) is 148 cm³/mol. The van der Waals surface area contributed by atoms with Crippen LogP contribution in [0.5, 0.6) is 0 Å². The first-order valence-corrected chi connectivity index (χ1v) is 14.3. The third-order valence-corrected chi connectivity index (χ3v) is 9.32. The molecule has 0 saturated carbocycles. The fraction of sp³-hybridized carbons (Fsp3) is 0.467. The number of aryl methyl sites for hydroxylation is 1. The fourth-order valence-electron chi connectivity index (χ4n) is 7.06. The summed E-state index contributed by atoms with van der Waals surface area (Å²) < 4.78 is 21.8. The predicted octanol–water partition coefficient (Wildman–Crippen LogP) is 2.57. The van der Waals surface area contributed by atoms with Gasteiger partial charge in [0.25, 0.3) is 5.56 Å². The Bertz CT molecular complexity index is 1710. The lowest BCUT2D eigenvalue weighted by atomic mass is 9.81. The lowest BCUT2D eigenvalue weighted by molar-refractivity contribution is -0.172. The summed E-state index contributed by atoms with van der Waals surface area (Å²) in [6.45, 7) is 5.05. The molecule has 3 aliphatic heterocycles. The molecule has 2 aromatic heterocycles. The molecule has 214 valence electrons. The third-order valence-electron chi connectivity index (χ3n) is 9.32. The van der Waals surface area contributed by atoms with Crippen molar-refractivity contribution in [3.63, 3.8) is 0 Å². The van der Waals surface area contributed by atoms with Crippen LogP contribution in [0.4, 0.5) is 9.18 Å². The average Bonchev–Trinajstić information content (AvgIpc) is 3.33. The SMILES string of the molecule is CC[C@@]1(O)C(=O)OCc2c1cc1n(c2=O)Cc2c-1nc1cc(F)c(C)c3c1c2[C@@H](NC(=O)N[C@@H]1CCCNC1)CC3. The second kappa shape index (κ2) is 9.35. The molecule has 0 bridgehead atoms. The first-order valence-electron chi connectivity index (χ1n) is 14.3. The number of pyridine rings is 2. The van der Waals surface area contributed by atoms with Gasteiger partial charge in [-0.2, -0.15) is 0 Å². The molecule has 7 rings (SSSR count). The van der Waals surface area contributed by atoms with E-state index in [1.807, 2.05) is 0 Å². The van der Waals surface area contributed by atoms with E-state index in [9.17, 15) is 19.5 Å². The summed E-state index contributed by atoms with van der Waals surface area (Å²) in [6.07, 6.45) is 3.08. The van der Waals surface area contributed by atoms with Crippen molar-refractivity contribution in [3.8, 4) is 11.4 Å². The second-order valence-electron chi connectivity index (χ2n) is 11.6. The zero-order valence-electron chi connectivity index (χ0n) is 23.0. The van der Waals surface area contributed by atoms with E-state index in [1.165, 1.54) is 6.07 Å². The van der Waals surface area contributed by atoms with E-state index in [-0.39, 0.29) is 60.2 Å². The quantitative estimate of drug-likeness (QED) is 0.283. The Kier molecular flexibility index (Phi) is 5.95. The monoisotopic (exact) mass is 561 g/mol. The number of ether oxygens (including phenoxy) is 1. The normalized spacial score (nSPS) is 24.3. The summed E-state index contributed by atoms with van der Waals surface area (Å²) in [4.78, 5) is 44.3. The summed E-state index contributed by atoms with van der Waals surface area (Å²) in [6, 6.07) is 2.46. The van der Waals surface area contributed by atoms with Gasteiger partial charge in [-0.15, -0.1) is 0 Å². The number of carbonyl (C=O) groups is 2. The minimum atomic E-state index is -1.94. The van der Waals surface area contributed by atoms with Crippen molar-refractivity contribution < 1.29 is 23.8 Å². The smallest absolute Gasteiger partial charge is 0.343 e. The Labute approximate surface area is 235 Å². The van der Waals surface area contributed by atoms with Crippen molar-refractivity contribution >= 4 is 22.9 Å². The molecule has 0 unspecified atom stereocenters. The highest BCUT2D eigenvalue weighted by atomic mass is 19.1. The Hall–Kier alpha value is -3.83. The van der Waals surface area contributed by atoms with E-state index in [2.05, 4.69) is 16.0 Å². The molecule has 0 spiro atoms. The first kappa shape index (κ1) is 26.1. The number of piperidine rings is 1. The van der Waals surface area contributed by atoms with Crippen LogP contribution in [0.1, 0.15) is 72.0 Å². The molecule has 0 radical (unpaired) electrons. The van der Waals surface area contributed by atoms with Crippen molar-refractivity contribution in [2.75, 3.05) is 13.1 Å². The van der Waals surface area contributed by atoms with Gasteiger partial charge in [-0.25, -0.2) is 19.0 Å². The van der Waals surface area contributed by atoms with Gasteiger partial charge in [-0.1, -0.05) is 6.92 Å². The number of nitrogens with zero attached hydrogens (tertiary/aromatic N) is 2. The molecular formula is C30H32FN5O5. The van der Waals surface area contributed by atoms with E-state index < -0.39 is 11.6 Å². The molecule has 1 saturated heterocycles. The second-order valence-corrected chi connectivity index (χ2v) is 11.6. The summed E-state index contributed by atoms with van der Waals surface area (Å²) in [7, 11) is 0. The molecule has 10 nitrogen and oxygen atoms in total. The Morgan fingerprint density at radius 1 is 1.24 bits per heavy atom. The van der Waals surface area contributed by atoms with Crippen molar-refractivity contribution in [1.29, 1.82) is 0 Å². The van der Waals surface area contributed by atoms with Gasteiger partial charge < -0.3 is 30.4 Å². The van der Waals surface area contributed by atoms with Crippen molar-refractivity contribution in [1.82, 2.24) is 25.5 Å². The number of halogens is 1. The number of carbonyl (C=O) groups excluding carboxylic acids is 2. The highest BCUT2D eigenvalue weighted by molar-refractivity contribution is 5.93. The molecular weight excluding hydrogens is 529 g/mol. The number of nitrogens with one attached hydrogen (secondary N) is 3. The average molecular weight is 562 g/mol. The van der Waals surface area contributed by atoms with Crippen molar-refractivity contribution in [2.45, 2.75) is 76.8 Å². The molecule has 3 aromatic rings. The van der Waals surface area contributed by atoms with Gasteiger partial charge in [0.1, 0.15) is 12.4 Å². The number of cyclic esters (lactones) is 1. The maximum Gasteiger partial charge on any atom is 0.343 e. The van der Waals surface area contributed by atoms with Gasteiger partial charge in [-0.3, -0.25) is 4.79 Å². The number of hydrogen-bond donors (Lipinski definition) is 4. The van der Waals surface area contributed by atoms with E-state index in [0.29, 0.717) is 41.9 Å². The molecule has 5 heterocycles. The van der Waals surface area contributed by atoms with Crippen LogP contribution < -0.4 is 21.5 Å². The standard InChI is InChI=1S/C30H32FN5O5/c1-3-30(40)19-9-23-26-17(12-36(23)27(37)18(19)13-41-28(30)38)25-21(35-29(39)33-15-5-4-8-32-11-15)7-6-16-14(2)20(31)10-22(34-26)24(16)25/h9-10,15,21,32,40H,3-8,11-13H2,1-2H3,(H2,33,35,39)/t15-,21+,30+/m1/s1. The molecule has 3 atom stereocenters. The summed E-state index contributed by atoms with van der Waals surface area (Å²) >= 11 is 0. The van der Waals surface area contributed by atoms with Crippen LogP contribution in [0, 0.1) is 12.7 Å². The number of rotatable bonds is 3. The highest BCUT2D eigenvalue weighted by Gasteiger charge is 2.46. The van der Waals surface area contributed by atoms with E-state index in [0.717, 1.165) is 41.5 Å². The molecule has 2 amide bonds. The maximum atomic E-state index is 15.1. The van der Waals surface area contributed by atoms with Crippen LogP contribution in [0.15, 0.2) is 16.9 Å². The highest BCUT2D eigenvalue weighted by Crippen LogP contribution is 2.45. The van der Waals surface area contributed by atoms with E-state index in [1.54, 1.807) is 24.5 Å². The van der Waals surface area contributed by atoms with Crippen molar-refractivity contribution in [2.24, 2.45) is 0 Å². The van der Waals surface area contributed by atoms with Crippen LogP contribution in [0.25, 0.3) is 22.3 Å². The number of hydrogen-bond acceptors (Lipinski definition) is 7. The molecule has 41 heavy (non-hydrogen) atoms. The van der Waals surface area contributed by atoms with Crippen LogP contribution in [0.2, 0.25) is 0 Å². The van der Waals surface area contributed by atoms with E-state index in [4.69, 9.17) is 9.72 Å². The minimum absolute atomic E-state index is 0.0375. The van der Waals surface area contributed by atoms with Crippen LogP contribution in [-0.2, 0) is 34.7 Å². The Morgan fingerprint density at radius 3 is 2.83 bits per heavy atom. The van der Waals surface area contributed by atoms with Crippen molar-refractivity contribution in [3.05, 3.63) is 61.7 Å². The van der Waals surface area contributed by atoms with Crippen LogP contribution in [-0.4, -0.2) is 45.8 Å². The number of amides is 2. The molecule has 1 fully saturated rings. The Balaban J connectivity index is 1.39. The lowest BCUT2D eigenvalue weighted by Gasteiger charge is -2.31. The summed E-state index contributed by atoms with van der Waals surface area (Å²) in [5.41, 5.74) is 2.58. The van der Waals surface area contributed by atoms with Gasteiger partial charge in [0.15, 0.2) is 5.60 Å². The summed E-state index contributed by atoms with van der Waals surface area (Å²) in [5, 5.41) is 21.6. The van der Waals surface area contributed by atoms with Gasteiger partial charge in [0, 0.05) is 35.2 Å². The largest absolute Gasteiger partial charge is 0.458 e. The number of aromatic nitrogens is 2. The van der Waals surface area contributed by atoms with Gasteiger partial charge >= 0.3 is 12.0 Å². The molecule has 4 aliphatic rings. The zero-order valence-corrected chi connectivity index (χ0v) is 23.0.